The van der Waals surface area contributed by atoms with Gasteiger partial charge in [-0.1, -0.05) is 22.6 Å². The van der Waals surface area contributed by atoms with E-state index in [4.69, 9.17) is 11.6 Å². The lowest BCUT2D eigenvalue weighted by Gasteiger charge is -2.10. The number of amides is 1. The molecule has 0 fully saturated rings. The van der Waals surface area contributed by atoms with Crippen LogP contribution in [0.25, 0.3) is 0 Å². The summed E-state index contributed by atoms with van der Waals surface area (Å²) >= 11 is 6.01. The molecule has 0 bridgehead atoms. The first-order valence-electron chi connectivity index (χ1n) is 6.56. The molecule has 23 heavy (non-hydrogen) atoms. The first-order valence-corrected chi connectivity index (χ1v) is 8.42. The van der Waals surface area contributed by atoms with E-state index in [2.05, 4.69) is 10.2 Å². The van der Waals surface area contributed by atoms with E-state index in [1.807, 2.05) is 4.89 Å². The molecule has 6 nitrogen and oxygen atoms in total. The molecule has 0 saturated heterocycles. The van der Waals surface area contributed by atoms with Gasteiger partial charge in [-0.3, -0.25) is 9.63 Å². The predicted octanol–water partition coefficient (Wildman–Crippen LogP) is 2.74. The Morgan fingerprint density at radius 3 is 2.39 bits per heavy atom. The maximum absolute atomic E-state index is 12.2. The highest BCUT2D eigenvalue weighted by atomic mass is 35.5. The summed E-state index contributed by atoms with van der Waals surface area (Å²) in [5.41, 5.74) is 1.67. The van der Waals surface area contributed by atoms with Gasteiger partial charge in [-0.05, 0) is 48.9 Å². The Morgan fingerprint density at radius 2 is 1.78 bits per heavy atom. The Bertz CT molecular complexity index is 820. The van der Waals surface area contributed by atoms with Gasteiger partial charge in [-0.2, -0.15) is 0 Å². The average molecular weight is 355 g/mol. The van der Waals surface area contributed by atoms with E-state index in [0.717, 1.165) is 5.56 Å². The summed E-state index contributed by atoms with van der Waals surface area (Å²) in [6.45, 7) is 1.80. The molecule has 0 aliphatic rings. The third kappa shape index (κ3) is 4.08. The van der Waals surface area contributed by atoms with Crippen LogP contribution in [0.3, 0.4) is 0 Å². The Morgan fingerprint density at radius 1 is 1.13 bits per heavy atom. The van der Waals surface area contributed by atoms with Crippen molar-refractivity contribution in [1.29, 1.82) is 0 Å². The fraction of sp³-hybridized carbons (Fsp3) is 0.133. The van der Waals surface area contributed by atoms with E-state index in [0.29, 0.717) is 16.3 Å². The van der Waals surface area contributed by atoms with E-state index in [-0.39, 0.29) is 10.8 Å². The minimum absolute atomic E-state index is 0.00478. The van der Waals surface area contributed by atoms with E-state index < -0.39 is 10.0 Å². The van der Waals surface area contributed by atoms with Gasteiger partial charge in [0.15, 0.2) is 0 Å². The number of hydrogen-bond donors (Lipinski definition) is 2. The highest BCUT2D eigenvalue weighted by Gasteiger charge is 2.15. The van der Waals surface area contributed by atoms with Crippen LogP contribution in [0.15, 0.2) is 47.4 Å². The maximum Gasteiger partial charge on any atom is 0.262 e. The number of hydrogen-bond acceptors (Lipinski definition) is 4. The molecule has 2 aromatic rings. The largest absolute Gasteiger partial charge is 0.322 e. The van der Waals surface area contributed by atoms with Crippen molar-refractivity contribution in [1.82, 2.24) is 4.89 Å². The van der Waals surface area contributed by atoms with Crippen LogP contribution in [0.5, 0.6) is 0 Å². The zero-order valence-corrected chi connectivity index (χ0v) is 14.0. The minimum Gasteiger partial charge on any atom is -0.322 e. The van der Waals surface area contributed by atoms with Gasteiger partial charge >= 0.3 is 0 Å². The van der Waals surface area contributed by atoms with Crippen molar-refractivity contribution in [3.05, 3.63) is 58.6 Å². The highest BCUT2D eigenvalue weighted by Crippen LogP contribution is 2.23. The summed E-state index contributed by atoms with van der Waals surface area (Å²) in [6, 6.07) is 10.7. The average Bonchev–Trinajstić information content (AvgIpc) is 2.52. The van der Waals surface area contributed by atoms with Gasteiger partial charge < -0.3 is 5.32 Å². The number of carbonyl (C=O) groups is 1. The van der Waals surface area contributed by atoms with Gasteiger partial charge in [0.2, 0.25) is 0 Å². The molecule has 0 spiro atoms. The molecular formula is C15H15ClN2O4S. The van der Waals surface area contributed by atoms with Crippen LogP contribution in [0.2, 0.25) is 5.02 Å². The van der Waals surface area contributed by atoms with Crippen LogP contribution in [0.1, 0.15) is 15.9 Å². The molecule has 0 aliphatic carbocycles. The molecule has 0 unspecified atom stereocenters. The fourth-order valence-corrected chi connectivity index (χ4v) is 2.87. The number of carbonyl (C=O) groups excluding carboxylic acids is 1. The van der Waals surface area contributed by atoms with Gasteiger partial charge in [-0.25, -0.2) is 8.42 Å². The summed E-state index contributed by atoms with van der Waals surface area (Å²) in [5.74, 6) is -0.362. The monoisotopic (exact) mass is 354 g/mol. The summed E-state index contributed by atoms with van der Waals surface area (Å²) in [6.07, 6.45) is 0. The molecule has 0 aromatic heterocycles. The SMILES string of the molecule is CONS(=O)(=O)c1ccc(C(=O)Nc2cccc(Cl)c2C)cc1. The first-order chi connectivity index (χ1) is 10.8. The van der Waals surface area contributed by atoms with Crippen molar-refractivity contribution in [2.45, 2.75) is 11.8 Å². The number of benzene rings is 2. The number of sulfonamides is 1. The van der Waals surface area contributed by atoms with Crippen molar-refractivity contribution in [3.63, 3.8) is 0 Å². The van der Waals surface area contributed by atoms with Gasteiger partial charge in [0.1, 0.15) is 0 Å². The third-order valence-electron chi connectivity index (χ3n) is 3.14. The lowest BCUT2D eigenvalue weighted by molar-refractivity contribution is 0.102. The molecule has 0 saturated carbocycles. The molecule has 8 heteroatoms. The second kappa shape index (κ2) is 7.10. The molecule has 122 valence electrons. The normalized spacial score (nSPS) is 11.3. The second-order valence-electron chi connectivity index (χ2n) is 4.68. The van der Waals surface area contributed by atoms with Crippen molar-refractivity contribution in [2.75, 3.05) is 12.4 Å². The number of rotatable bonds is 5. The van der Waals surface area contributed by atoms with Crippen LogP contribution < -0.4 is 10.2 Å². The molecule has 0 aliphatic heterocycles. The van der Waals surface area contributed by atoms with Crippen molar-refractivity contribution < 1.29 is 18.0 Å². The Labute approximate surface area is 139 Å². The van der Waals surface area contributed by atoms with E-state index in [1.54, 1.807) is 25.1 Å². The highest BCUT2D eigenvalue weighted by molar-refractivity contribution is 7.89. The topological polar surface area (TPSA) is 84.5 Å². The van der Waals surface area contributed by atoms with E-state index in [1.165, 1.54) is 31.4 Å². The molecule has 0 radical (unpaired) electrons. The van der Waals surface area contributed by atoms with E-state index >= 15 is 0 Å². The summed E-state index contributed by atoms with van der Waals surface area (Å²) in [4.78, 5) is 18.5. The zero-order chi connectivity index (χ0) is 17.0. The summed E-state index contributed by atoms with van der Waals surface area (Å²) in [7, 11) is -2.54. The van der Waals surface area contributed by atoms with Crippen molar-refractivity contribution in [3.8, 4) is 0 Å². The van der Waals surface area contributed by atoms with Crippen LogP contribution >= 0.6 is 11.6 Å². The lowest BCUT2D eigenvalue weighted by atomic mass is 10.1. The lowest BCUT2D eigenvalue weighted by Crippen LogP contribution is -2.22. The van der Waals surface area contributed by atoms with Gasteiger partial charge in [0.25, 0.3) is 15.9 Å². The van der Waals surface area contributed by atoms with Crippen LogP contribution in [0.4, 0.5) is 5.69 Å². The Kier molecular flexibility index (Phi) is 5.38. The standard InChI is InChI=1S/C15H15ClN2O4S/c1-10-13(16)4-3-5-14(10)17-15(19)11-6-8-12(9-7-11)23(20,21)18-22-2/h3-9,18H,1-2H3,(H,17,19). The Hall–Kier alpha value is -1.93. The molecule has 1 amide bonds. The van der Waals surface area contributed by atoms with Crippen molar-refractivity contribution in [2.24, 2.45) is 0 Å². The quantitative estimate of drug-likeness (QED) is 0.808. The number of nitrogens with one attached hydrogen (secondary N) is 2. The molecule has 0 heterocycles. The smallest absolute Gasteiger partial charge is 0.262 e. The van der Waals surface area contributed by atoms with Crippen LogP contribution in [-0.4, -0.2) is 21.4 Å². The second-order valence-corrected chi connectivity index (χ2v) is 6.73. The molecule has 2 rings (SSSR count). The number of halogens is 1. The van der Waals surface area contributed by atoms with Crippen molar-refractivity contribution >= 4 is 33.2 Å². The van der Waals surface area contributed by atoms with Gasteiger partial charge in [-0.15, -0.1) is 0 Å². The Balaban J connectivity index is 2.19. The zero-order valence-electron chi connectivity index (χ0n) is 12.5. The third-order valence-corrected chi connectivity index (χ3v) is 4.82. The molecule has 2 aromatic carbocycles. The fourth-order valence-electron chi connectivity index (χ4n) is 1.88. The molecule has 2 N–H and O–H groups in total. The minimum atomic E-state index is -3.75. The summed E-state index contributed by atoms with van der Waals surface area (Å²) < 4.78 is 23.5. The van der Waals surface area contributed by atoms with Crippen LogP contribution in [0, 0.1) is 6.92 Å². The van der Waals surface area contributed by atoms with E-state index in [9.17, 15) is 13.2 Å². The van der Waals surface area contributed by atoms with Gasteiger partial charge in [0, 0.05) is 16.3 Å². The molecular weight excluding hydrogens is 340 g/mol. The first kappa shape index (κ1) is 17.4. The predicted molar refractivity (Wildman–Crippen MR) is 87.9 cm³/mol. The van der Waals surface area contributed by atoms with Crippen LogP contribution in [-0.2, 0) is 14.9 Å². The summed E-state index contributed by atoms with van der Waals surface area (Å²) in [5, 5.41) is 3.29. The molecule has 0 atom stereocenters. The maximum atomic E-state index is 12.2. The number of anilines is 1. The van der Waals surface area contributed by atoms with Gasteiger partial charge in [0.05, 0.1) is 12.0 Å².